The van der Waals surface area contributed by atoms with E-state index in [9.17, 15) is 14.9 Å². The van der Waals surface area contributed by atoms with Gasteiger partial charge in [-0.15, -0.1) is 0 Å². The number of amides is 1. The second-order valence-electron chi connectivity index (χ2n) is 9.19. The van der Waals surface area contributed by atoms with E-state index in [1.54, 1.807) is 0 Å². The van der Waals surface area contributed by atoms with Crippen LogP contribution in [0, 0.1) is 33.3 Å². The molecule has 0 spiro atoms. The molecule has 7 nitrogen and oxygen atoms in total. The van der Waals surface area contributed by atoms with Crippen LogP contribution in [0.4, 0.5) is 5.69 Å². The van der Waals surface area contributed by atoms with E-state index in [0.717, 1.165) is 37.0 Å². The Labute approximate surface area is 171 Å². The third-order valence-corrected chi connectivity index (χ3v) is 7.37. The van der Waals surface area contributed by atoms with Crippen LogP contribution in [-0.2, 0) is 0 Å². The van der Waals surface area contributed by atoms with Gasteiger partial charge in [0.1, 0.15) is 5.56 Å². The van der Waals surface area contributed by atoms with Gasteiger partial charge < -0.3 is 14.8 Å². The largest absolute Gasteiger partial charge is 0.493 e. The molecule has 1 aromatic carbocycles. The Balaban J connectivity index is 1.59. The van der Waals surface area contributed by atoms with Crippen molar-refractivity contribution in [1.29, 1.82) is 0 Å². The number of carbonyl (C=O) groups excluding carboxylic acids is 1. The van der Waals surface area contributed by atoms with E-state index >= 15 is 0 Å². The minimum atomic E-state index is -0.539. The lowest BCUT2D eigenvalue weighted by atomic mass is 9.48. The third kappa shape index (κ3) is 3.55. The maximum absolute atomic E-state index is 13.1. The monoisotopic (exact) mass is 402 g/mol. The number of nitrogens with zero attached hydrogens (tertiary/aromatic N) is 1. The molecular weight excluding hydrogens is 372 g/mol. The normalized spacial score (nSPS) is 30.7. The zero-order chi connectivity index (χ0) is 20.8. The minimum Gasteiger partial charge on any atom is -0.493 e. The van der Waals surface area contributed by atoms with E-state index in [1.165, 1.54) is 38.5 Å². The Bertz CT molecular complexity index is 786. The topological polar surface area (TPSA) is 90.7 Å². The molecular formula is C22H30N2O5. The molecule has 4 fully saturated rings. The van der Waals surface area contributed by atoms with Gasteiger partial charge in [0.2, 0.25) is 0 Å². The van der Waals surface area contributed by atoms with Gasteiger partial charge in [0.15, 0.2) is 11.5 Å². The van der Waals surface area contributed by atoms with Gasteiger partial charge in [-0.3, -0.25) is 14.9 Å². The first-order valence-corrected chi connectivity index (χ1v) is 10.6. The van der Waals surface area contributed by atoms with Crippen molar-refractivity contribution in [2.75, 3.05) is 13.7 Å². The Morgan fingerprint density at radius 3 is 2.28 bits per heavy atom. The smallest absolute Gasteiger partial charge is 0.286 e. The van der Waals surface area contributed by atoms with Gasteiger partial charge in [0, 0.05) is 12.1 Å². The lowest BCUT2D eigenvalue weighted by Crippen LogP contribution is -2.55. The fourth-order valence-corrected chi connectivity index (χ4v) is 6.45. The number of nitro benzene ring substituents is 1. The second-order valence-corrected chi connectivity index (χ2v) is 9.19. The van der Waals surface area contributed by atoms with E-state index in [2.05, 4.69) is 12.2 Å². The fourth-order valence-electron chi connectivity index (χ4n) is 6.45. The highest BCUT2D eigenvalue weighted by molar-refractivity contribution is 5.99. The molecule has 5 rings (SSSR count). The van der Waals surface area contributed by atoms with Crippen LogP contribution in [0.1, 0.15) is 62.7 Å². The van der Waals surface area contributed by atoms with Gasteiger partial charge in [-0.05, 0) is 75.5 Å². The van der Waals surface area contributed by atoms with Crippen molar-refractivity contribution in [2.24, 2.45) is 23.2 Å². The van der Waals surface area contributed by atoms with Crippen LogP contribution in [0.5, 0.6) is 11.5 Å². The highest BCUT2D eigenvalue weighted by atomic mass is 16.6. The summed E-state index contributed by atoms with van der Waals surface area (Å²) in [5.41, 5.74) is -0.106. The SMILES string of the molecule is CCOc1cc(C(=O)NC(C)C23CC4CC(CC(C4)C2)C3)c([N+](=O)[O-])cc1OC. The summed E-state index contributed by atoms with van der Waals surface area (Å²) in [6.45, 7) is 4.26. The van der Waals surface area contributed by atoms with E-state index in [0.29, 0.717) is 12.4 Å². The highest BCUT2D eigenvalue weighted by Crippen LogP contribution is 2.61. The Kier molecular flexibility index (Phi) is 5.17. The molecule has 7 heteroatoms. The van der Waals surface area contributed by atoms with Crippen LogP contribution < -0.4 is 14.8 Å². The van der Waals surface area contributed by atoms with E-state index in [4.69, 9.17) is 9.47 Å². The molecule has 29 heavy (non-hydrogen) atoms. The van der Waals surface area contributed by atoms with Crippen LogP contribution in [0.15, 0.2) is 12.1 Å². The number of rotatable bonds is 7. The molecule has 4 bridgehead atoms. The molecule has 1 N–H and O–H groups in total. The van der Waals surface area contributed by atoms with Crippen LogP contribution in [0.25, 0.3) is 0 Å². The number of ether oxygens (including phenoxy) is 2. The summed E-state index contributed by atoms with van der Waals surface area (Å²) in [6, 6.07) is 2.69. The summed E-state index contributed by atoms with van der Waals surface area (Å²) in [5.74, 6) is 2.52. The average molecular weight is 402 g/mol. The maximum atomic E-state index is 13.1. The van der Waals surface area contributed by atoms with Gasteiger partial charge in [-0.25, -0.2) is 0 Å². The van der Waals surface area contributed by atoms with Gasteiger partial charge >= 0.3 is 0 Å². The van der Waals surface area contributed by atoms with Gasteiger partial charge in [0.05, 0.1) is 24.7 Å². The molecule has 0 radical (unpaired) electrons. The maximum Gasteiger partial charge on any atom is 0.286 e. The second kappa shape index (κ2) is 7.50. The van der Waals surface area contributed by atoms with Crippen molar-refractivity contribution < 1.29 is 19.2 Å². The molecule has 0 aromatic heterocycles. The molecule has 0 saturated heterocycles. The Hall–Kier alpha value is -2.31. The number of nitrogens with one attached hydrogen (secondary N) is 1. The van der Waals surface area contributed by atoms with E-state index in [-0.39, 0.29) is 28.5 Å². The fraction of sp³-hybridized carbons (Fsp3) is 0.682. The molecule has 0 heterocycles. The molecule has 4 aliphatic rings. The third-order valence-electron chi connectivity index (χ3n) is 7.37. The predicted molar refractivity (Wildman–Crippen MR) is 108 cm³/mol. The summed E-state index contributed by atoms with van der Waals surface area (Å²) >= 11 is 0. The molecule has 1 unspecified atom stereocenters. The molecule has 0 aliphatic heterocycles. The summed E-state index contributed by atoms with van der Waals surface area (Å²) in [6.07, 6.45) is 7.49. The molecule has 158 valence electrons. The molecule has 4 aliphatic carbocycles. The van der Waals surface area contributed by atoms with Crippen LogP contribution >= 0.6 is 0 Å². The lowest BCUT2D eigenvalue weighted by Gasteiger charge is -2.59. The van der Waals surface area contributed by atoms with Crippen molar-refractivity contribution in [3.05, 3.63) is 27.8 Å². The Morgan fingerprint density at radius 1 is 1.21 bits per heavy atom. The number of benzene rings is 1. The number of hydrogen-bond donors (Lipinski definition) is 1. The van der Waals surface area contributed by atoms with Crippen molar-refractivity contribution in [2.45, 2.75) is 58.4 Å². The minimum absolute atomic E-state index is 0.0133. The van der Waals surface area contributed by atoms with Crippen LogP contribution in [-0.4, -0.2) is 30.6 Å². The molecule has 1 aromatic rings. The lowest BCUT2D eigenvalue weighted by molar-refractivity contribution is -0.385. The van der Waals surface area contributed by atoms with Crippen molar-refractivity contribution in [3.63, 3.8) is 0 Å². The van der Waals surface area contributed by atoms with Gasteiger partial charge in [-0.2, -0.15) is 0 Å². The van der Waals surface area contributed by atoms with E-state index in [1.807, 2.05) is 6.92 Å². The van der Waals surface area contributed by atoms with Gasteiger partial charge in [-0.1, -0.05) is 0 Å². The van der Waals surface area contributed by atoms with Crippen molar-refractivity contribution in [3.8, 4) is 11.5 Å². The number of nitro groups is 1. The van der Waals surface area contributed by atoms with Crippen molar-refractivity contribution >= 4 is 11.6 Å². The summed E-state index contributed by atoms with van der Waals surface area (Å²) < 4.78 is 10.7. The first-order chi connectivity index (χ1) is 13.8. The number of carbonyl (C=O) groups is 1. The standard InChI is InChI=1S/C22H30N2O5/c1-4-29-20-8-17(18(24(26)27)9-19(20)28-3)21(25)23-13(2)22-10-14-5-15(11-22)7-16(6-14)12-22/h8-9,13-16H,4-7,10-12H2,1-3H3,(H,23,25). The molecule has 1 amide bonds. The summed E-state index contributed by atoms with van der Waals surface area (Å²) in [5, 5.41) is 14.7. The number of hydrogen-bond acceptors (Lipinski definition) is 5. The molecule has 4 saturated carbocycles. The van der Waals surface area contributed by atoms with Crippen molar-refractivity contribution in [1.82, 2.24) is 5.32 Å². The summed E-state index contributed by atoms with van der Waals surface area (Å²) in [7, 11) is 1.43. The zero-order valence-electron chi connectivity index (χ0n) is 17.4. The average Bonchev–Trinajstić information content (AvgIpc) is 2.66. The zero-order valence-corrected chi connectivity index (χ0v) is 17.4. The van der Waals surface area contributed by atoms with Gasteiger partial charge in [0.25, 0.3) is 11.6 Å². The van der Waals surface area contributed by atoms with E-state index < -0.39 is 10.8 Å². The number of methoxy groups -OCH3 is 1. The molecule has 1 atom stereocenters. The Morgan fingerprint density at radius 2 is 1.79 bits per heavy atom. The predicted octanol–water partition coefficient (Wildman–Crippen LogP) is 4.34. The van der Waals surface area contributed by atoms with Crippen LogP contribution in [0.3, 0.4) is 0 Å². The first kappa shape index (κ1) is 20.0. The first-order valence-electron chi connectivity index (χ1n) is 10.6. The quantitative estimate of drug-likeness (QED) is 0.541. The van der Waals surface area contributed by atoms with Crippen LogP contribution in [0.2, 0.25) is 0 Å². The highest BCUT2D eigenvalue weighted by Gasteiger charge is 2.53. The summed E-state index contributed by atoms with van der Waals surface area (Å²) in [4.78, 5) is 24.2.